The lowest BCUT2D eigenvalue weighted by Gasteiger charge is -2.71. The number of hydrogen-bond acceptors (Lipinski definition) is 12. The molecule has 5 fully saturated rings. The highest BCUT2D eigenvalue weighted by Crippen LogP contribution is 2.75. The van der Waals surface area contributed by atoms with Crippen LogP contribution < -0.4 is 10.6 Å². The number of aliphatic hydroxyl groups is 5. The van der Waals surface area contributed by atoms with Crippen LogP contribution in [0, 0.1) is 56.7 Å². The first-order chi connectivity index (χ1) is 28.1. The Hall–Kier alpha value is -2.95. The third-order valence-electron chi connectivity index (χ3n) is 18.1. The average molecular weight is 842 g/mol. The summed E-state index contributed by atoms with van der Waals surface area (Å²) < 4.78 is 12.3. The first kappa shape index (κ1) is 45.1. The lowest BCUT2D eigenvalue weighted by Crippen LogP contribution is -2.67. The van der Waals surface area contributed by atoms with Gasteiger partial charge in [-0.25, -0.2) is 9.48 Å². The summed E-state index contributed by atoms with van der Waals surface area (Å²) in [6.45, 7) is 17.1. The van der Waals surface area contributed by atoms with E-state index >= 15 is 0 Å². The highest BCUT2D eigenvalue weighted by molar-refractivity contribution is 5.84. The largest absolute Gasteiger partial charge is 0.465 e. The van der Waals surface area contributed by atoms with E-state index in [1.54, 1.807) is 0 Å². The predicted octanol–water partition coefficient (Wildman–Crippen LogP) is 3.11. The second kappa shape index (κ2) is 15.7. The van der Waals surface area contributed by atoms with Crippen LogP contribution in [0.15, 0.2) is 17.8 Å². The van der Waals surface area contributed by atoms with Crippen molar-refractivity contribution < 1.29 is 49.4 Å². The molecule has 15 heteroatoms. The molecule has 1 aromatic heterocycles. The van der Waals surface area contributed by atoms with Crippen LogP contribution in [0.1, 0.15) is 125 Å². The van der Waals surface area contributed by atoms with E-state index in [2.05, 4.69) is 75.5 Å². The van der Waals surface area contributed by atoms with Crippen LogP contribution >= 0.6 is 0 Å². The van der Waals surface area contributed by atoms with Crippen molar-refractivity contribution >= 4 is 17.8 Å². The summed E-state index contributed by atoms with van der Waals surface area (Å²) in [7, 11) is 1.12. The highest BCUT2D eigenvalue weighted by atomic mass is 16.6. The van der Waals surface area contributed by atoms with Gasteiger partial charge in [-0.1, -0.05) is 65.3 Å². The number of nitrogens with one attached hydrogen (secondary N) is 2. The number of hydrogen-bond donors (Lipinski definition) is 7. The monoisotopic (exact) mass is 842 g/mol. The Morgan fingerprint density at radius 1 is 1.00 bits per heavy atom. The van der Waals surface area contributed by atoms with Gasteiger partial charge in [-0.2, -0.15) is 0 Å². The van der Waals surface area contributed by atoms with Crippen molar-refractivity contribution in [3.63, 3.8) is 0 Å². The Morgan fingerprint density at radius 3 is 2.38 bits per heavy atom. The molecule has 6 aliphatic rings. The van der Waals surface area contributed by atoms with Crippen LogP contribution in [0.5, 0.6) is 0 Å². The number of fused-ring (bicyclic) bond motifs is 7. The minimum Gasteiger partial charge on any atom is -0.465 e. The van der Waals surface area contributed by atoms with E-state index in [4.69, 9.17) is 9.47 Å². The van der Waals surface area contributed by atoms with E-state index in [1.165, 1.54) is 18.7 Å². The summed E-state index contributed by atoms with van der Waals surface area (Å²) in [5.41, 5.74) is -1.06. The fourth-order valence-corrected chi connectivity index (χ4v) is 14.3. The first-order valence-corrected chi connectivity index (χ1v) is 22.3. The van der Waals surface area contributed by atoms with Gasteiger partial charge in [-0.3, -0.25) is 9.59 Å². The smallest absolute Gasteiger partial charge is 0.361 e. The average Bonchev–Trinajstić information content (AvgIpc) is 3.69. The molecule has 2 amide bonds. The minimum absolute atomic E-state index is 0.00166. The molecule has 5 aliphatic carbocycles. The third kappa shape index (κ3) is 6.60. The number of ether oxygens (including phenoxy) is 2. The molecule has 1 aromatic rings. The number of esters is 1. The third-order valence-corrected chi connectivity index (χ3v) is 18.1. The number of aromatic nitrogens is 3. The number of amides is 2. The fourth-order valence-electron chi connectivity index (χ4n) is 14.3. The van der Waals surface area contributed by atoms with Crippen molar-refractivity contribution in [2.45, 2.75) is 168 Å². The number of rotatable bonds is 9. The van der Waals surface area contributed by atoms with E-state index in [-0.39, 0.29) is 52.1 Å². The topological polar surface area (TPSA) is 226 Å². The van der Waals surface area contributed by atoms with Crippen LogP contribution in [-0.4, -0.2) is 109 Å². The summed E-state index contributed by atoms with van der Waals surface area (Å²) in [5.74, 6) is 0.176. The quantitative estimate of drug-likeness (QED) is 0.141. The van der Waals surface area contributed by atoms with E-state index in [9.17, 15) is 39.9 Å². The van der Waals surface area contributed by atoms with Gasteiger partial charge in [0.15, 0.2) is 0 Å². The molecule has 15 nitrogen and oxygen atoms in total. The molecule has 16 atom stereocenters. The molecular formula is C45H71N5O10. The number of aliphatic hydroxyl groups excluding tert-OH is 5. The van der Waals surface area contributed by atoms with Gasteiger partial charge in [-0.15, -0.1) is 5.10 Å². The fraction of sp³-hybridized carbons (Fsp3) is 0.844. The summed E-state index contributed by atoms with van der Waals surface area (Å²) in [5, 5.41) is 67.5. The second-order valence-corrected chi connectivity index (χ2v) is 21.1. The molecule has 0 aromatic carbocycles. The molecule has 0 radical (unpaired) electrons. The lowest BCUT2D eigenvalue weighted by atomic mass is 9.33. The highest BCUT2D eigenvalue weighted by Gasteiger charge is 2.69. The molecule has 7 N–H and O–H groups in total. The second-order valence-electron chi connectivity index (χ2n) is 21.1. The van der Waals surface area contributed by atoms with Gasteiger partial charge in [0.25, 0.3) is 5.72 Å². The Labute approximate surface area is 354 Å². The summed E-state index contributed by atoms with van der Waals surface area (Å²) >= 11 is 0. The van der Waals surface area contributed by atoms with E-state index in [1.807, 2.05) is 0 Å². The molecule has 336 valence electrons. The number of nitrogens with zero attached hydrogens (tertiary/aromatic N) is 3. The van der Waals surface area contributed by atoms with Crippen molar-refractivity contribution in [3.8, 4) is 0 Å². The van der Waals surface area contributed by atoms with Gasteiger partial charge in [0, 0.05) is 13.3 Å². The predicted molar refractivity (Wildman–Crippen MR) is 219 cm³/mol. The van der Waals surface area contributed by atoms with Crippen molar-refractivity contribution in [1.29, 1.82) is 0 Å². The summed E-state index contributed by atoms with van der Waals surface area (Å²) in [6, 6.07) is -1.26. The van der Waals surface area contributed by atoms with Gasteiger partial charge in [0.05, 0.1) is 50.1 Å². The maximum atomic E-state index is 14.9. The van der Waals surface area contributed by atoms with Crippen molar-refractivity contribution in [2.75, 3.05) is 13.7 Å². The summed E-state index contributed by atoms with van der Waals surface area (Å²) in [4.78, 5) is 40.5. The molecule has 4 saturated carbocycles. The van der Waals surface area contributed by atoms with Crippen LogP contribution in [0.4, 0.5) is 0 Å². The van der Waals surface area contributed by atoms with Gasteiger partial charge in [0.1, 0.15) is 24.0 Å². The van der Waals surface area contributed by atoms with Crippen LogP contribution in [0.3, 0.4) is 0 Å². The Bertz CT molecular complexity index is 1850. The lowest BCUT2D eigenvalue weighted by molar-refractivity contribution is -0.260. The number of methoxy groups -OCH3 is 1. The molecule has 0 unspecified atom stereocenters. The molecule has 1 aliphatic heterocycles. The van der Waals surface area contributed by atoms with E-state index in [0.29, 0.717) is 23.4 Å². The van der Waals surface area contributed by atoms with Crippen LogP contribution in [0.2, 0.25) is 0 Å². The van der Waals surface area contributed by atoms with Gasteiger partial charge in [0.2, 0.25) is 11.8 Å². The SMILES string of the molecule is COC(=O)[C@@]1(n2cc(CNC(=O)[C@]34CC[C@@H](C)[C@H](C)[C@@H]3C3=CC[C@@H]5[C@@]6(C)CC[C@H](O)C(C)(C)[C@@H]6CC[C@@]5(C)[C@]3(C)CC4)nn2)C[C@H](O)[C@@H](NC(C)=O)[C@H]([C@H](O)[C@H](O)CO)O1. The zero-order valence-corrected chi connectivity index (χ0v) is 37.1. The normalized spacial score (nSPS) is 44.4. The van der Waals surface area contributed by atoms with Crippen molar-refractivity contribution in [3.05, 3.63) is 23.5 Å². The Balaban J connectivity index is 1.16. The van der Waals surface area contributed by atoms with Crippen LogP contribution in [0.25, 0.3) is 0 Å². The molecule has 2 heterocycles. The Kier molecular flexibility index (Phi) is 11.8. The molecular weight excluding hydrogens is 771 g/mol. The summed E-state index contributed by atoms with van der Waals surface area (Å²) in [6.07, 6.45) is 5.06. The minimum atomic E-state index is -2.18. The van der Waals surface area contributed by atoms with Gasteiger partial charge >= 0.3 is 5.97 Å². The molecule has 60 heavy (non-hydrogen) atoms. The zero-order chi connectivity index (χ0) is 44.0. The molecule has 1 saturated heterocycles. The van der Waals surface area contributed by atoms with E-state index in [0.717, 1.165) is 69.6 Å². The number of carbonyl (C=O) groups is 3. The van der Waals surface area contributed by atoms with Crippen LogP contribution in [-0.2, 0) is 36.1 Å². The maximum absolute atomic E-state index is 14.9. The first-order valence-electron chi connectivity index (χ1n) is 22.3. The van der Waals surface area contributed by atoms with E-state index < -0.39 is 66.5 Å². The molecule has 0 spiro atoms. The number of allylic oxidation sites excluding steroid dienone is 2. The zero-order valence-electron chi connectivity index (χ0n) is 37.1. The van der Waals surface area contributed by atoms with Gasteiger partial charge < -0.3 is 45.6 Å². The molecule has 7 rings (SSSR count). The number of carbonyl (C=O) groups excluding carboxylic acids is 3. The Morgan fingerprint density at radius 2 is 1.72 bits per heavy atom. The molecule has 0 bridgehead atoms. The van der Waals surface area contributed by atoms with Gasteiger partial charge in [-0.05, 0) is 109 Å². The maximum Gasteiger partial charge on any atom is 0.361 e. The van der Waals surface area contributed by atoms with Crippen molar-refractivity contribution in [1.82, 2.24) is 25.6 Å². The van der Waals surface area contributed by atoms with Crippen molar-refractivity contribution in [2.24, 2.45) is 56.7 Å². The standard InChI is InChI=1S/C45H71N5O10/c1-24-12-17-44(19-18-42(7)28(34(44)25(24)2)10-11-32-41(6)15-14-33(55)40(4,5)31(41)13-16-43(32,42)8)38(57)46-21-27-22-50(49-48-27)45(39(58)59-9)20-29(53)35(47-26(3)52)37(60-45)36(56)30(54)23-51/h10,22,24-25,29-37,51,53-56H,11-21,23H2,1-9H3,(H,46,57)(H,47,52)/t24-,25+,29+,30-,31+,32-,33+,34-,35-,36-,37-,41+,42-,43-,44+,45-/m1/s1.